The lowest BCUT2D eigenvalue weighted by molar-refractivity contribution is 0.271. The number of aliphatic hydroxyl groups excluding tert-OH is 1. The Morgan fingerprint density at radius 2 is 1.90 bits per heavy atom. The summed E-state index contributed by atoms with van der Waals surface area (Å²) in [5.41, 5.74) is 2.63. The van der Waals surface area contributed by atoms with E-state index in [9.17, 15) is 13.5 Å². The van der Waals surface area contributed by atoms with E-state index in [2.05, 4.69) is 4.72 Å². The Morgan fingerprint density at radius 1 is 1.24 bits per heavy atom. The van der Waals surface area contributed by atoms with Gasteiger partial charge in [-0.05, 0) is 25.5 Å². The molecule has 0 aliphatic carbocycles. The molecule has 0 aliphatic rings. The Morgan fingerprint density at radius 3 is 2.43 bits per heavy atom. The van der Waals surface area contributed by atoms with Gasteiger partial charge < -0.3 is 9.67 Å². The molecule has 0 aliphatic heterocycles. The van der Waals surface area contributed by atoms with Crippen molar-refractivity contribution < 1.29 is 13.5 Å². The van der Waals surface area contributed by atoms with Crippen molar-refractivity contribution in [2.75, 3.05) is 0 Å². The topological polar surface area (TPSA) is 71.3 Å². The van der Waals surface area contributed by atoms with Crippen LogP contribution in [0.4, 0.5) is 0 Å². The third-order valence-electron chi connectivity index (χ3n) is 3.36. The van der Waals surface area contributed by atoms with Crippen molar-refractivity contribution in [3.8, 4) is 0 Å². The van der Waals surface area contributed by atoms with Gasteiger partial charge in [0.15, 0.2) is 0 Å². The Hall–Kier alpha value is -1.63. The average molecular weight is 308 g/mol. The van der Waals surface area contributed by atoms with E-state index in [1.807, 2.05) is 38.1 Å². The van der Waals surface area contributed by atoms with Gasteiger partial charge in [-0.2, -0.15) is 0 Å². The van der Waals surface area contributed by atoms with E-state index in [1.165, 1.54) is 6.07 Å². The molecule has 0 saturated carbocycles. The van der Waals surface area contributed by atoms with Gasteiger partial charge in [-0.15, -0.1) is 0 Å². The highest BCUT2D eigenvalue weighted by Crippen LogP contribution is 2.15. The molecular weight excluding hydrogens is 288 g/mol. The monoisotopic (exact) mass is 308 g/mol. The minimum absolute atomic E-state index is 0.179. The van der Waals surface area contributed by atoms with E-state index < -0.39 is 10.0 Å². The summed E-state index contributed by atoms with van der Waals surface area (Å²) in [6, 6.07) is 9.19. The molecule has 0 unspecified atom stereocenters. The smallest absolute Gasteiger partial charge is 0.242 e. The van der Waals surface area contributed by atoms with Gasteiger partial charge in [0.25, 0.3) is 0 Å². The standard InChI is InChI=1S/C15H20N2O3S/c1-3-17-10-15(8-14(17)11-18)21(19,20)16-9-13-6-4-12(2)5-7-13/h4-8,10,16,18H,3,9,11H2,1-2H3. The van der Waals surface area contributed by atoms with Crippen LogP contribution in [-0.4, -0.2) is 18.1 Å². The van der Waals surface area contributed by atoms with Crippen molar-refractivity contribution in [3.05, 3.63) is 53.3 Å². The first-order valence-electron chi connectivity index (χ1n) is 6.81. The van der Waals surface area contributed by atoms with Crippen LogP contribution < -0.4 is 4.72 Å². The molecule has 0 amide bonds. The van der Waals surface area contributed by atoms with Gasteiger partial charge in [0.1, 0.15) is 0 Å². The zero-order valence-corrected chi connectivity index (χ0v) is 13.0. The lowest BCUT2D eigenvalue weighted by Crippen LogP contribution is -2.22. The van der Waals surface area contributed by atoms with Gasteiger partial charge in [-0.25, -0.2) is 13.1 Å². The molecule has 1 aromatic heterocycles. The van der Waals surface area contributed by atoms with Crippen molar-refractivity contribution in [3.63, 3.8) is 0 Å². The molecule has 0 radical (unpaired) electrons. The lowest BCUT2D eigenvalue weighted by atomic mass is 10.2. The third kappa shape index (κ3) is 3.72. The van der Waals surface area contributed by atoms with Gasteiger partial charge in [0, 0.05) is 25.0 Å². The molecule has 0 spiro atoms. The zero-order chi connectivity index (χ0) is 15.5. The maximum Gasteiger partial charge on any atom is 0.242 e. The molecule has 1 heterocycles. The average Bonchev–Trinajstić information content (AvgIpc) is 2.91. The molecule has 0 fully saturated rings. The van der Waals surface area contributed by atoms with E-state index in [4.69, 9.17) is 0 Å². The maximum absolute atomic E-state index is 12.3. The number of nitrogens with one attached hydrogen (secondary N) is 1. The summed E-state index contributed by atoms with van der Waals surface area (Å²) >= 11 is 0. The fourth-order valence-corrected chi connectivity index (χ4v) is 3.15. The number of benzene rings is 1. The van der Waals surface area contributed by atoms with Gasteiger partial charge in [0.05, 0.1) is 11.5 Å². The quantitative estimate of drug-likeness (QED) is 0.854. The summed E-state index contributed by atoms with van der Waals surface area (Å²) in [4.78, 5) is 0.181. The SMILES string of the molecule is CCn1cc(S(=O)(=O)NCc2ccc(C)cc2)cc1CO. The second-order valence-electron chi connectivity index (χ2n) is 4.92. The van der Waals surface area contributed by atoms with Gasteiger partial charge in [-0.3, -0.25) is 0 Å². The summed E-state index contributed by atoms with van der Waals surface area (Å²) < 4.78 is 28.8. The highest BCUT2D eigenvalue weighted by Gasteiger charge is 2.17. The number of hydrogen-bond acceptors (Lipinski definition) is 3. The van der Waals surface area contributed by atoms with E-state index in [0.29, 0.717) is 12.2 Å². The Bertz CT molecular complexity index is 682. The summed E-state index contributed by atoms with van der Waals surface area (Å²) in [5, 5.41) is 9.23. The highest BCUT2D eigenvalue weighted by atomic mass is 32.2. The number of aromatic nitrogens is 1. The predicted molar refractivity (Wildman–Crippen MR) is 81.2 cm³/mol. The van der Waals surface area contributed by atoms with E-state index in [0.717, 1.165) is 11.1 Å². The molecular formula is C15H20N2O3S. The first-order valence-corrected chi connectivity index (χ1v) is 8.29. The summed E-state index contributed by atoms with van der Waals surface area (Å²) in [6.45, 7) is 4.56. The predicted octanol–water partition coefficient (Wildman–Crippen LogP) is 1.79. The van der Waals surface area contributed by atoms with Crippen LogP contribution in [0, 0.1) is 6.92 Å². The Balaban J connectivity index is 2.14. The van der Waals surface area contributed by atoms with Gasteiger partial charge in [0.2, 0.25) is 10.0 Å². The van der Waals surface area contributed by atoms with Crippen LogP contribution in [0.15, 0.2) is 41.4 Å². The van der Waals surface area contributed by atoms with Crippen molar-refractivity contribution in [1.29, 1.82) is 0 Å². The lowest BCUT2D eigenvalue weighted by Gasteiger charge is -2.05. The fourth-order valence-electron chi connectivity index (χ4n) is 2.07. The van der Waals surface area contributed by atoms with E-state index >= 15 is 0 Å². The molecule has 2 N–H and O–H groups in total. The third-order valence-corrected chi connectivity index (χ3v) is 4.73. The summed E-state index contributed by atoms with van der Waals surface area (Å²) in [5.74, 6) is 0. The minimum atomic E-state index is -3.57. The van der Waals surface area contributed by atoms with Crippen LogP contribution in [0.2, 0.25) is 0 Å². The van der Waals surface area contributed by atoms with Crippen molar-refractivity contribution in [1.82, 2.24) is 9.29 Å². The molecule has 21 heavy (non-hydrogen) atoms. The van der Waals surface area contributed by atoms with Crippen LogP contribution in [-0.2, 0) is 29.7 Å². The number of rotatable bonds is 6. The molecule has 0 atom stereocenters. The second-order valence-corrected chi connectivity index (χ2v) is 6.69. The highest BCUT2D eigenvalue weighted by molar-refractivity contribution is 7.89. The molecule has 2 rings (SSSR count). The first kappa shape index (κ1) is 15.8. The molecule has 6 heteroatoms. The zero-order valence-electron chi connectivity index (χ0n) is 12.2. The van der Waals surface area contributed by atoms with Crippen LogP contribution >= 0.6 is 0 Å². The van der Waals surface area contributed by atoms with Gasteiger partial charge >= 0.3 is 0 Å². The number of aryl methyl sites for hydroxylation is 2. The summed E-state index contributed by atoms with van der Waals surface area (Å²) in [7, 11) is -3.57. The van der Waals surface area contributed by atoms with Crippen molar-refractivity contribution in [2.45, 2.75) is 38.4 Å². The first-order chi connectivity index (χ1) is 9.96. The number of nitrogens with zero attached hydrogens (tertiary/aromatic N) is 1. The van der Waals surface area contributed by atoms with Crippen LogP contribution in [0.1, 0.15) is 23.7 Å². The molecule has 0 bridgehead atoms. The molecule has 2 aromatic rings. The molecule has 114 valence electrons. The van der Waals surface area contributed by atoms with E-state index in [1.54, 1.807) is 10.8 Å². The van der Waals surface area contributed by atoms with Crippen molar-refractivity contribution in [2.24, 2.45) is 0 Å². The van der Waals surface area contributed by atoms with E-state index in [-0.39, 0.29) is 18.0 Å². The van der Waals surface area contributed by atoms with Gasteiger partial charge in [-0.1, -0.05) is 29.8 Å². The fraction of sp³-hybridized carbons (Fsp3) is 0.333. The van der Waals surface area contributed by atoms with Crippen LogP contribution in [0.25, 0.3) is 0 Å². The Kier molecular flexibility index (Phi) is 4.82. The number of sulfonamides is 1. The minimum Gasteiger partial charge on any atom is -0.390 e. The van der Waals surface area contributed by atoms with Crippen molar-refractivity contribution >= 4 is 10.0 Å². The molecule has 0 saturated heterocycles. The number of hydrogen-bond donors (Lipinski definition) is 2. The largest absolute Gasteiger partial charge is 0.390 e. The Labute approximate surface area is 125 Å². The normalized spacial score (nSPS) is 11.8. The van der Waals surface area contributed by atoms with Crippen LogP contribution in [0.5, 0.6) is 0 Å². The van der Waals surface area contributed by atoms with Crippen LogP contribution in [0.3, 0.4) is 0 Å². The summed E-state index contributed by atoms with van der Waals surface area (Å²) in [6.07, 6.45) is 1.54. The maximum atomic E-state index is 12.3. The second kappa shape index (κ2) is 6.43. The number of aliphatic hydroxyl groups is 1. The molecule has 1 aromatic carbocycles. The molecule has 5 nitrogen and oxygen atoms in total.